The third-order valence-corrected chi connectivity index (χ3v) is 3.91. The minimum absolute atomic E-state index is 0.379. The third kappa shape index (κ3) is 4.12. The summed E-state index contributed by atoms with van der Waals surface area (Å²) in [4.78, 5) is 12.4. The molecule has 1 aliphatic rings. The first-order chi connectivity index (χ1) is 13.3. The Morgan fingerprint density at radius 1 is 0.815 bits per heavy atom. The number of hydrogen-bond donors (Lipinski definition) is 2. The van der Waals surface area contributed by atoms with E-state index >= 15 is 0 Å². The fraction of sp³-hybridized carbons (Fsp3) is 0.0952. The van der Waals surface area contributed by atoms with Crippen LogP contribution in [0.25, 0.3) is 0 Å². The van der Waals surface area contributed by atoms with Gasteiger partial charge in [0.1, 0.15) is 19.0 Å². The van der Waals surface area contributed by atoms with Gasteiger partial charge in [0.25, 0.3) is 0 Å². The number of ether oxygens (including phenoxy) is 3. The van der Waals surface area contributed by atoms with E-state index in [2.05, 4.69) is 10.6 Å². The summed E-state index contributed by atoms with van der Waals surface area (Å²) in [5.41, 5.74) is 1.18. The van der Waals surface area contributed by atoms with Crippen LogP contribution in [0.5, 0.6) is 23.0 Å². The van der Waals surface area contributed by atoms with E-state index in [4.69, 9.17) is 14.2 Å². The van der Waals surface area contributed by atoms with E-state index in [1.807, 2.05) is 42.5 Å². The second-order valence-electron chi connectivity index (χ2n) is 5.85. The Bertz CT molecular complexity index is 944. The number of para-hydroxylation sites is 3. The van der Waals surface area contributed by atoms with E-state index in [-0.39, 0.29) is 6.03 Å². The highest BCUT2D eigenvalue weighted by atomic mass is 16.6. The van der Waals surface area contributed by atoms with Gasteiger partial charge in [0.05, 0.1) is 5.69 Å². The first kappa shape index (κ1) is 16.8. The van der Waals surface area contributed by atoms with Crippen molar-refractivity contribution in [2.45, 2.75) is 0 Å². The Labute approximate surface area is 156 Å². The summed E-state index contributed by atoms with van der Waals surface area (Å²) in [6, 6.07) is 21.6. The van der Waals surface area contributed by atoms with Crippen LogP contribution in [0.2, 0.25) is 0 Å². The number of anilines is 2. The van der Waals surface area contributed by atoms with Gasteiger partial charge in [-0.2, -0.15) is 0 Å². The molecular weight excluding hydrogens is 344 g/mol. The normalized spacial score (nSPS) is 12.1. The molecule has 3 aromatic carbocycles. The van der Waals surface area contributed by atoms with Gasteiger partial charge in [0.15, 0.2) is 17.2 Å². The predicted molar refractivity (Wildman–Crippen MR) is 103 cm³/mol. The van der Waals surface area contributed by atoms with E-state index in [9.17, 15) is 4.79 Å². The number of nitrogens with one attached hydrogen (secondary N) is 2. The number of carbonyl (C=O) groups excluding carboxylic acids is 1. The minimum atomic E-state index is -0.379. The van der Waals surface area contributed by atoms with Crippen LogP contribution in [0.15, 0.2) is 72.8 Å². The maximum Gasteiger partial charge on any atom is 0.323 e. The highest BCUT2D eigenvalue weighted by Gasteiger charge is 2.13. The fourth-order valence-electron chi connectivity index (χ4n) is 2.68. The van der Waals surface area contributed by atoms with Gasteiger partial charge in [-0.15, -0.1) is 0 Å². The predicted octanol–water partition coefficient (Wildman–Crippen LogP) is 4.89. The fourth-order valence-corrected chi connectivity index (χ4v) is 2.68. The number of benzene rings is 3. The van der Waals surface area contributed by atoms with Gasteiger partial charge in [-0.05, 0) is 36.4 Å². The minimum Gasteiger partial charge on any atom is -0.486 e. The highest BCUT2D eigenvalue weighted by Crippen LogP contribution is 2.33. The maximum atomic E-state index is 12.4. The van der Waals surface area contributed by atoms with Crippen molar-refractivity contribution in [3.8, 4) is 23.0 Å². The summed E-state index contributed by atoms with van der Waals surface area (Å²) in [5.74, 6) is 2.54. The van der Waals surface area contributed by atoms with Crippen LogP contribution < -0.4 is 24.8 Å². The third-order valence-electron chi connectivity index (χ3n) is 3.91. The van der Waals surface area contributed by atoms with Crippen molar-refractivity contribution in [2.75, 3.05) is 23.8 Å². The van der Waals surface area contributed by atoms with Gasteiger partial charge in [-0.25, -0.2) is 4.79 Å². The molecule has 2 N–H and O–H groups in total. The van der Waals surface area contributed by atoms with Gasteiger partial charge in [-0.1, -0.05) is 30.3 Å². The average molecular weight is 362 g/mol. The molecule has 1 heterocycles. The summed E-state index contributed by atoms with van der Waals surface area (Å²) < 4.78 is 16.9. The van der Waals surface area contributed by atoms with E-state index in [1.54, 1.807) is 30.3 Å². The molecule has 0 unspecified atom stereocenters. The first-order valence-electron chi connectivity index (χ1n) is 8.57. The molecule has 0 bridgehead atoms. The second-order valence-corrected chi connectivity index (χ2v) is 5.85. The monoisotopic (exact) mass is 362 g/mol. The zero-order valence-corrected chi connectivity index (χ0v) is 14.5. The molecule has 0 aromatic heterocycles. The van der Waals surface area contributed by atoms with Crippen molar-refractivity contribution < 1.29 is 19.0 Å². The molecule has 136 valence electrons. The van der Waals surface area contributed by atoms with Crippen LogP contribution in [-0.2, 0) is 0 Å². The summed E-state index contributed by atoms with van der Waals surface area (Å²) in [7, 11) is 0. The lowest BCUT2D eigenvalue weighted by Gasteiger charge is -2.19. The Morgan fingerprint density at radius 2 is 1.56 bits per heavy atom. The molecule has 3 aromatic rings. The molecule has 1 aliphatic heterocycles. The smallest absolute Gasteiger partial charge is 0.323 e. The Kier molecular flexibility index (Phi) is 4.78. The van der Waals surface area contributed by atoms with Crippen molar-refractivity contribution in [3.63, 3.8) is 0 Å². The van der Waals surface area contributed by atoms with Crippen molar-refractivity contribution in [1.82, 2.24) is 0 Å². The van der Waals surface area contributed by atoms with Gasteiger partial charge < -0.3 is 24.8 Å². The maximum absolute atomic E-state index is 12.4. The van der Waals surface area contributed by atoms with E-state index in [0.29, 0.717) is 47.6 Å². The molecule has 0 saturated carbocycles. The lowest BCUT2D eigenvalue weighted by molar-refractivity contribution is 0.171. The zero-order valence-electron chi connectivity index (χ0n) is 14.5. The standard InChI is InChI=1S/C21H18N2O4/c24-21(22-15-10-11-19-20(14-15)26-13-12-25-19)23-17-8-4-5-9-18(17)27-16-6-2-1-3-7-16/h1-11,14H,12-13H2,(H2,22,23,24). The molecule has 6 heteroatoms. The van der Waals surface area contributed by atoms with Gasteiger partial charge in [0, 0.05) is 11.8 Å². The molecule has 4 rings (SSSR count). The average Bonchev–Trinajstić information content (AvgIpc) is 2.70. The second kappa shape index (κ2) is 7.70. The molecule has 0 radical (unpaired) electrons. The Hall–Kier alpha value is -3.67. The van der Waals surface area contributed by atoms with Crippen molar-refractivity contribution in [1.29, 1.82) is 0 Å². The van der Waals surface area contributed by atoms with Gasteiger partial charge >= 0.3 is 6.03 Å². The Morgan fingerprint density at radius 3 is 2.41 bits per heavy atom. The molecule has 0 spiro atoms. The topological polar surface area (TPSA) is 68.8 Å². The molecule has 2 amide bonds. The number of carbonyl (C=O) groups is 1. The summed E-state index contributed by atoms with van der Waals surface area (Å²) in [5, 5.41) is 5.60. The Balaban J connectivity index is 1.45. The SMILES string of the molecule is O=C(Nc1ccc2c(c1)OCCO2)Nc1ccccc1Oc1ccccc1. The van der Waals surface area contributed by atoms with Crippen LogP contribution in [-0.4, -0.2) is 19.2 Å². The van der Waals surface area contributed by atoms with Crippen LogP contribution in [0, 0.1) is 0 Å². The van der Waals surface area contributed by atoms with E-state index in [0.717, 1.165) is 0 Å². The van der Waals surface area contributed by atoms with Gasteiger partial charge in [-0.3, -0.25) is 0 Å². The number of hydrogen-bond acceptors (Lipinski definition) is 4. The number of amides is 2. The van der Waals surface area contributed by atoms with Crippen LogP contribution in [0.4, 0.5) is 16.2 Å². The molecule has 0 atom stereocenters. The van der Waals surface area contributed by atoms with Crippen LogP contribution >= 0.6 is 0 Å². The first-order valence-corrected chi connectivity index (χ1v) is 8.57. The van der Waals surface area contributed by atoms with Crippen LogP contribution in [0.3, 0.4) is 0 Å². The summed E-state index contributed by atoms with van der Waals surface area (Å²) in [6.45, 7) is 1.02. The van der Waals surface area contributed by atoms with Crippen LogP contribution in [0.1, 0.15) is 0 Å². The number of fused-ring (bicyclic) bond motifs is 1. The largest absolute Gasteiger partial charge is 0.486 e. The molecule has 27 heavy (non-hydrogen) atoms. The van der Waals surface area contributed by atoms with Crippen molar-refractivity contribution >= 4 is 17.4 Å². The molecule has 0 fully saturated rings. The van der Waals surface area contributed by atoms with Crippen molar-refractivity contribution in [2.24, 2.45) is 0 Å². The zero-order chi connectivity index (χ0) is 18.5. The lowest BCUT2D eigenvalue weighted by atomic mass is 10.2. The highest BCUT2D eigenvalue weighted by molar-refractivity contribution is 6.00. The number of rotatable bonds is 4. The number of urea groups is 1. The molecule has 6 nitrogen and oxygen atoms in total. The van der Waals surface area contributed by atoms with E-state index < -0.39 is 0 Å². The lowest BCUT2D eigenvalue weighted by Crippen LogP contribution is -2.20. The summed E-state index contributed by atoms with van der Waals surface area (Å²) >= 11 is 0. The molecular formula is C21H18N2O4. The van der Waals surface area contributed by atoms with E-state index in [1.165, 1.54) is 0 Å². The molecule has 0 aliphatic carbocycles. The van der Waals surface area contributed by atoms with Gasteiger partial charge in [0.2, 0.25) is 0 Å². The summed E-state index contributed by atoms with van der Waals surface area (Å²) in [6.07, 6.45) is 0. The van der Waals surface area contributed by atoms with Crippen molar-refractivity contribution in [3.05, 3.63) is 72.8 Å². The quantitative estimate of drug-likeness (QED) is 0.693. The molecule has 0 saturated heterocycles.